The summed E-state index contributed by atoms with van der Waals surface area (Å²) >= 11 is 0. The number of hydrogen-bond donors (Lipinski definition) is 1. The average Bonchev–Trinajstić information content (AvgIpc) is 2.82. The van der Waals surface area contributed by atoms with Gasteiger partial charge in [-0.05, 0) is 43.2 Å². The SMILES string of the molecule is Cc1ccccc1CC(N)CCC1CCCC1. The van der Waals surface area contributed by atoms with E-state index in [1.165, 1.54) is 49.7 Å². The summed E-state index contributed by atoms with van der Waals surface area (Å²) in [6, 6.07) is 8.95. The molecule has 1 aliphatic rings. The van der Waals surface area contributed by atoms with E-state index in [1.54, 1.807) is 0 Å². The Labute approximate surface area is 105 Å². The minimum Gasteiger partial charge on any atom is -0.327 e. The van der Waals surface area contributed by atoms with Crippen molar-refractivity contribution in [1.29, 1.82) is 0 Å². The maximum Gasteiger partial charge on any atom is 0.00795 e. The van der Waals surface area contributed by atoms with E-state index in [0.29, 0.717) is 6.04 Å². The van der Waals surface area contributed by atoms with Crippen LogP contribution in [0.15, 0.2) is 24.3 Å². The van der Waals surface area contributed by atoms with Crippen LogP contribution in [0.2, 0.25) is 0 Å². The summed E-state index contributed by atoms with van der Waals surface area (Å²) < 4.78 is 0. The van der Waals surface area contributed by atoms with Crippen LogP contribution in [0.4, 0.5) is 0 Å². The van der Waals surface area contributed by atoms with Crippen LogP contribution in [0.3, 0.4) is 0 Å². The Balaban J connectivity index is 1.76. The number of rotatable bonds is 5. The third-order valence-electron chi connectivity index (χ3n) is 4.16. The first-order valence-electron chi connectivity index (χ1n) is 7.06. The van der Waals surface area contributed by atoms with Gasteiger partial charge in [-0.1, -0.05) is 49.9 Å². The van der Waals surface area contributed by atoms with Crippen molar-refractivity contribution in [3.05, 3.63) is 35.4 Å². The Morgan fingerprint density at radius 1 is 1.24 bits per heavy atom. The first-order chi connectivity index (χ1) is 8.25. The van der Waals surface area contributed by atoms with Crippen molar-refractivity contribution in [2.24, 2.45) is 11.7 Å². The maximum absolute atomic E-state index is 6.25. The van der Waals surface area contributed by atoms with E-state index in [0.717, 1.165) is 12.3 Å². The minimum absolute atomic E-state index is 0.344. The number of aryl methyl sites for hydroxylation is 1. The molecule has 1 aliphatic carbocycles. The highest BCUT2D eigenvalue weighted by Gasteiger charge is 2.16. The van der Waals surface area contributed by atoms with Gasteiger partial charge in [0.1, 0.15) is 0 Å². The highest BCUT2D eigenvalue weighted by Crippen LogP contribution is 2.29. The lowest BCUT2D eigenvalue weighted by atomic mass is 9.94. The molecule has 2 rings (SSSR count). The Morgan fingerprint density at radius 3 is 2.65 bits per heavy atom. The monoisotopic (exact) mass is 231 g/mol. The Kier molecular flexibility index (Phi) is 4.61. The van der Waals surface area contributed by atoms with Crippen molar-refractivity contribution in [3.8, 4) is 0 Å². The first-order valence-corrected chi connectivity index (χ1v) is 7.06. The molecule has 0 spiro atoms. The third-order valence-corrected chi connectivity index (χ3v) is 4.16. The average molecular weight is 231 g/mol. The zero-order valence-electron chi connectivity index (χ0n) is 11.0. The summed E-state index contributed by atoms with van der Waals surface area (Å²) in [5.41, 5.74) is 9.05. The number of nitrogens with two attached hydrogens (primary N) is 1. The maximum atomic E-state index is 6.25. The van der Waals surface area contributed by atoms with Crippen LogP contribution >= 0.6 is 0 Å². The lowest BCUT2D eigenvalue weighted by molar-refractivity contribution is 0.447. The van der Waals surface area contributed by atoms with Crippen LogP contribution in [0.5, 0.6) is 0 Å². The topological polar surface area (TPSA) is 26.0 Å². The molecular weight excluding hydrogens is 206 g/mol. The van der Waals surface area contributed by atoms with Crippen LogP contribution in [-0.4, -0.2) is 6.04 Å². The highest BCUT2D eigenvalue weighted by molar-refractivity contribution is 5.26. The molecule has 1 nitrogen and oxygen atoms in total. The van der Waals surface area contributed by atoms with E-state index in [4.69, 9.17) is 5.73 Å². The number of hydrogen-bond acceptors (Lipinski definition) is 1. The normalized spacial score (nSPS) is 18.5. The Bertz CT molecular complexity index is 339. The van der Waals surface area contributed by atoms with Gasteiger partial charge in [0.2, 0.25) is 0 Å². The van der Waals surface area contributed by atoms with Gasteiger partial charge < -0.3 is 5.73 Å². The van der Waals surface area contributed by atoms with Gasteiger partial charge in [0.05, 0.1) is 0 Å². The van der Waals surface area contributed by atoms with Crippen LogP contribution in [-0.2, 0) is 6.42 Å². The molecule has 1 saturated carbocycles. The van der Waals surface area contributed by atoms with Gasteiger partial charge >= 0.3 is 0 Å². The van der Waals surface area contributed by atoms with E-state index in [2.05, 4.69) is 31.2 Å². The van der Waals surface area contributed by atoms with E-state index in [-0.39, 0.29) is 0 Å². The van der Waals surface area contributed by atoms with E-state index >= 15 is 0 Å². The molecule has 1 aromatic rings. The molecule has 1 fully saturated rings. The van der Waals surface area contributed by atoms with Gasteiger partial charge in [0, 0.05) is 6.04 Å². The molecule has 17 heavy (non-hydrogen) atoms. The molecule has 1 heteroatoms. The van der Waals surface area contributed by atoms with Crippen molar-refractivity contribution in [1.82, 2.24) is 0 Å². The smallest absolute Gasteiger partial charge is 0.00795 e. The predicted octanol–water partition coefficient (Wildman–Crippen LogP) is 3.84. The lowest BCUT2D eigenvalue weighted by Crippen LogP contribution is -2.23. The van der Waals surface area contributed by atoms with Crippen molar-refractivity contribution < 1.29 is 0 Å². The molecule has 1 atom stereocenters. The molecule has 2 N–H and O–H groups in total. The van der Waals surface area contributed by atoms with Gasteiger partial charge in [0.25, 0.3) is 0 Å². The zero-order chi connectivity index (χ0) is 12.1. The molecule has 0 radical (unpaired) electrons. The van der Waals surface area contributed by atoms with Gasteiger partial charge in [0.15, 0.2) is 0 Å². The third kappa shape index (κ3) is 3.85. The van der Waals surface area contributed by atoms with Crippen molar-refractivity contribution in [2.45, 2.75) is 57.9 Å². The van der Waals surface area contributed by atoms with E-state index in [1.807, 2.05) is 0 Å². The molecule has 0 aromatic heterocycles. The summed E-state index contributed by atoms with van der Waals surface area (Å²) in [5, 5.41) is 0. The molecule has 0 saturated heterocycles. The fourth-order valence-corrected chi connectivity index (χ4v) is 2.97. The minimum atomic E-state index is 0.344. The van der Waals surface area contributed by atoms with Gasteiger partial charge in [-0.2, -0.15) is 0 Å². The quantitative estimate of drug-likeness (QED) is 0.818. The largest absolute Gasteiger partial charge is 0.327 e. The zero-order valence-corrected chi connectivity index (χ0v) is 11.0. The van der Waals surface area contributed by atoms with Crippen LogP contribution in [0.1, 0.15) is 49.7 Å². The highest BCUT2D eigenvalue weighted by atomic mass is 14.6. The van der Waals surface area contributed by atoms with Crippen molar-refractivity contribution >= 4 is 0 Å². The second-order valence-corrected chi connectivity index (χ2v) is 5.62. The van der Waals surface area contributed by atoms with Crippen LogP contribution < -0.4 is 5.73 Å². The summed E-state index contributed by atoms with van der Waals surface area (Å²) in [6.07, 6.45) is 9.34. The molecule has 0 heterocycles. The van der Waals surface area contributed by atoms with E-state index in [9.17, 15) is 0 Å². The van der Waals surface area contributed by atoms with Gasteiger partial charge in [-0.3, -0.25) is 0 Å². The number of benzene rings is 1. The van der Waals surface area contributed by atoms with Gasteiger partial charge in [-0.15, -0.1) is 0 Å². The molecule has 0 aliphatic heterocycles. The fraction of sp³-hybridized carbons (Fsp3) is 0.625. The molecule has 0 amide bonds. The molecule has 94 valence electrons. The van der Waals surface area contributed by atoms with Crippen LogP contribution in [0, 0.1) is 12.8 Å². The Hall–Kier alpha value is -0.820. The second kappa shape index (κ2) is 6.20. The second-order valence-electron chi connectivity index (χ2n) is 5.62. The fourth-order valence-electron chi connectivity index (χ4n) is 2.97. The molecule has 0 bridgehead atoms. The van der Waals surface area contributed by atoms with Crippen LogP contribution in [0.25, 0.3) is 0 Å². The summed E-state index contributed by atoms with van der Waals surface area (Å²) in [4.78, 5) is 0. The molecular formula is C16H25N. The molecule has 1 aromatic carbocycles. The standard InChI is InChI=1S/C16H25N/c1-13-6-2-5-9-15(13)12-16(17)11-10-14-7-3-4-8-14/h2,5-6,9,14,16H,3-4,7-8,10-12,17H2,1H3. The summed E-state index contributed by atoms with van der Waals surface area (Å²) in [5.74, 6) is 0.970. The first kappa shape index (κ1) is 12.6. The van der Waals surface area contributed by atoms with Crippen molar-refractivity contribution in [3.63, 3.8) is 0 Å². The molecule has 1 unspecified atom stereocenters. The van der Waals surface area contributed by atoms with Gasteiger partial charge in [-0.25, -0.2) is 0 Å². The predicted molar refractivity (Wildman–Crippen MR) is 74.1 cm³/mol. The Morgan fingerprint density at radius 2 is 1.94 bits per heavy atom. The summed E-state index contributed by atoms with van der Waals surface area (Å²) in [7, 11) is 0. The summed E-state index contributed by atoms with van der Waals surface area (Å²) in [6.45, 7) is 2.18. The van der Waals surface area contributed by atoms with E-state index < -0.39 is 0 Å². The van der Waals surface area contributed by atoms with Crippen molar-refractivity contribution in [2.75, 3.05) is 0 Å². The lowest BCUT2D eigenvalue weighted by Gasteiger charge is -2.15.